The van der Waals surface area contributed by atoms with E-state index in [0.29, 0.717) is 19.4 Å². The number of carboxylic acids is 2. The molecule has 1 rings (SSSR count). The van der Waals surface area contributed by atoms with Crippen LogP contribution in [0.15, 0.2) is 0 Å². The lowest BCUT2D eigenvalue weighted by molar-refractivity contribution is -0.141. The third-order valence-corrected chi connectivity index (χ3v) is 6.31. The summed E-state index contributed by atoms with van der Waals surface area (Å²) in [5.41, 5.74) is 0. The first-order valence-corrected chi connectivity index (χ1v) is 7.34. The van der Waals surface area contributed by atoms with Crippen LogP contribution < -0.4 is 0 Å². The highest BCUT2D eigenvalue weighted by Crippen LogP contribution is 2.62. The van der Waals surface area contributed by atoms with Gasteiger partial charge in [-0.25, -0.2) is 0 Å². The average Bonchev–Trinajstić information content (AvgIpc) is 2.78. The quantitative estimate of drug-likeness (QED) is 0.623. The molecule has 3 N–H and O–H groups in total. The molecule has 1 aliphatic rings. The predicted octanol–water partition coefficient (Wildman–Crippen LogP) is 1.10. The van der Waals surface area contributed by atoms with Gasteiger partial charge < -0.3 is 19.8 Å². The number of hydrogen-bond acceptors (Lipinski definition) is 4. The summed E-state index contributed by atoms with van der Waals surface area (Å²) >= 11 is 0. The Kier molecular flexibility index (Phi) is 4.53. The van der Waals surface area contributed by atoms with Gasteiger partial charge in [0.15, 0.2) is 0 Å². The highest BCUT2D eigenvalue weighted by molar-refractivity contribution is 7.61. The zero-order valence-electron chi connectivity index (χ0n) is 10.0. The topological polar surface area (TPSA) is 121 Å². The maximum atomic E-state index is 12.3. The van der Waals surface area contributed by atoms with Gasteiger partial charge in [0.2, 0.25) is 7.37 Å². The van der Waals surface area contributed by atoms with Crippen LogP contribution in [0.25, 0.3) is 0 Å². The van der Waals surface area contributed by atoms with Gasteiger partial charge in [-0.2, -0.15) is 0 Å². The van der Waals surface area contributed by atoms with Gasteiger partial charge in [-0.05, 0) is 26.2 Å². The fourth-order valence-corrected chi connectivity index (χ4v) is 4.09. The van der Waals surface area contributed by atoms with E-state index in [1.807, 2.05) is 0 Å². The van der Waals surface area contributed by atoms with Gasteiger partial charge in [-0.1, -0.05) is 0 Å². The van der Waals surface area contributed by atoms with Crippen molar-refractivity contribution in [2.75, 3.05) is 6.61 Å². The summed E-state index contributed by atoms with van der Waals surface area (Å²) in [7, 11) is -4.16. The second kappa shape index (κ2) is 5.38. The lowest BCUT2D eigenvalue weighted by Gasteiger charge is -2.32. The zero-order chi connectivity index (χ0) is 14.0. The van der Waals surface area contributed by atoms with Crippen molar-refractivity contribution in [2.45, 2.75) is 43.6 Å². The van der Waals surface area contributed by atoms with Gasteiger partial charge in [0, 0.05) is 13.0 Å². The summed E-state index contributed by atoms with van der Waals surface area (Å²) < 4.78 is 17.4. The Balaban J connectivity index is 2.98. The molecule has 1 heterocycles. The molecule has 1 saturated heterocycles. The largest absolute Gasteiger partial charge is 0.481 e. The third-order valence-electron chi connectivity index (χ3n) is 3.29. The molecule has 18 heavy (non-hydrogen) atoms. The molecule has 1 fully saturated rings. The predicted molar refractivity (Wildman–Crippen MR) is 61.7 cm³/mol. The Morgan fingerprint density at radius 2 is 2.06 bits per heavy atom. The molecule has 0 aromatic carbocycles. The number of carbonyl (C=O) groups is 2. The highest BCUT2D eigenvalue weighted by Gasteiger charge is 2.55. The summed E-state index contributed by atoms with van der Waals surface area (Å²) in [4.78, 5) is 31.9. The Morgan fingerprint density at radius 3 is 2.44 bits per heavy atom. The zero-order valence-corrected chi connectivity index (χ0v) is 10.9. The minimum atomic E-state index is -4.16. The smallest absolute Gasteiger partial charge is 0.319 e. The Morgan fingerprint density at radius 1 is 1.44 bits per heavy atom. The van der Waals surface area contributed by atoms with E-state index in [4.69, 9.17) is 14.9 Å². The Labute approximate surface area is 104 Å². The van der Waals surface area contributed by atoms with Gasteiger partial charge in [0.25, 0.3) is 0 Å². The van der Waals surface area contributed by atoms with E-state index in [9.17, 15) is 19.0 Å². The first kappa shape index (κ1) is 15.1. The van der Waals surface area contributed by atoms with Crippen molar-refractivity contribution >= 4 is 19.3 Å². The summed E-state index contributed by atoms with van der Waals surface area (Å²) in [6.07, 6.45) is 0.0545. The normalized spacial score (nSPS) is 26.2. The molecule has 8 heteroatoms. The van der Waals surface area contributed by atoms with E-state index in [0.717, 1.165) is 6.92 Å². The van der Waals surface area contributed by atoms with Gasteiger partial charge in [-0.3, -0.25) is 14.2 Å². The van der Waals surface area contributed by atoms with Gasteiger partial charge in [-0.15, -0.1) is 0 Å². The third kappa shape index (κ3) is 2.74. The number of rotatable bonds is 6. The lowest BCUT2D eigenvalue weighted by atomic mass is 10.1. The van der Waals surface area contributed by atoms with E-state index >= 15 is 0 Å². The van der Waals surface area contributed by atoms with Crippen LogP contribution in [0, 0.1) is 0 Å². The van der Waals surface area contributed by atoms with E-state index in [1.165, 1.54) is 0 Å². The first-order valence-electron chi connectivity index (χ1n) is 5.61. The van der Waals surface area contributed by atoms with Crippen LogP contribution in [0.2, 0.25) is 0 Å². The molecule has 0 bridgehead atoms. The fraction of sp³-hybridized carbons (Fsp3) is 0.800. The monoisotopic (exact) mass is 280 g/mol. The number of hydrogen-bond donors (Lipinski definition) is 3. The van der Waals surface area contributed by atoms with Crippen LogP contribution in [-0.4, -0.2) is 44.7 Å². The molecule has 0 aliphatic carbocycles. The van der Waals surface area contributed by atoms with E-state index in [1.54, 1.807) is 0 Å². The Bertz CT molecular complexity index is 388. The molecule has 7 nitrogen and oxygen atoms in total. The van der Waals surface area contributed by atoms with Crippen LogP contribution in [0.1, 0.15) is 32.6 Å². The minimum absolute atomic E-state index is 0.323. The van der Waals surface area contributed by atoms with Crippen LogP contribution in [0.5, 0.6) is 0 Å². The van der Waals surface area contributed by atoms with Crippen molar-refractivity contribution in [3.05, 3.63) is 0 Å². The number of carboxylic acid groups (broad SMARTS) is 2. The highest BCUT2D eigenvalue weighted by atomic mass is 31.2. The molecule has 0 aromatic heterocycles. The summed E-state index contributed by atoms with van der Waals surface area (Å²) in [6.45, 7) is 1.44. The molecular formula is C10H17O7P. The van der Waals surface area contributed by atoms with Crippen molar-refractivity contribution in [2.24, 2.45) is 0 Å². The number of ether oxygens (including phenoxy) is 1. The van der Waals surface area contributed by atoms with Crippen molar-refractivity contribution in [1.82, 2.24) is 0 Å². The molecule has 0 radical (unpaired) electrons. The van der Waals surface area contributed by atoms with Crippen molar-refractivity contribution < 1.29 is 34.0 Å². The van der Waals surface area contributed by atoms with Crippen LogP contribution >= 0.6 is 7.37 Å². The van der Waals surface area contributed by atoms with Crippen LogP contribution in [0.3, 0.4) is 0 Å². The summed E-state index contributed by atoms with van der Waals surface area (Å²) in [6, 6.07) is 0. The first-order chi connectivity index (χ1) is 8.22. The molecular weight excluding hydrogens is 263 g/mol. The SMILES string of the molecule is CC(CCC(=O)O)(C(=O)O)P(=O)(O)C1CCCO1. The second-order valence-electron chi connectivity index (χ2n) is 4.56. The maximum Gasteiger partial charge on any atom is 0.319 e. The lowest BCUT2D eigenvalue weighted by Crippen LogP contribution is -2.39. The van der Waals surface area contributed by atoms with E-state index < -0.39 is 43.2 Å². The molecule has 3 atom stereocenters. The summed E-state index contributed by atoms with van der Waals surface area (Å²) in [5, 5.41) is 15.8. The standard InChI is InChI=1S/C10H17O7P/c1-10(9(13)14,5-4-7(11)12)18(15,16)8-3-2-6-17-8/h8H,2-6H2,1H3,(H,11,12)(H,13,14)(H,15,16). The molecule has 3 unspecified atom stereocenters. The molecule has 0 spiro atoms. The Hall–Kier alpha value is -0.910. The van der Waals surface area contributed by atoms with Gasteiger partial charge in [0.1, 0.15) is 11.0 Å². The van der Waals surface area contributed by atoms with Crippen LogP contribution in [0.4, 0.5) is 0 Å². The van der Waals surface area contributed by atoms with Crippen molar-refractivity contribution in [1.29, 1.82) is 0 Å². The van der Waals surface area contributed by atoms with Crippen molar-refractivity contribution in [3.8, 4) is 0 Å². The van der Waals surface area contributed by atoms with Gasteiger partial charge >= 0.3 is 11.9 Å². The maximum absolute atomic E-state index is 12.3. The van der Waals surface area contributed by atoms with E-state index in [-0.39, 0.29) is 0 Å². The molecule has 1 aliphatic heterocycles. The molecule has 0 saturated carbocycles. The average molecular weight is 280 g/mol. The minimum Gasteiger partial charge on any atom is -0.481 e. The van der Waals surface area contributed by atoms with Gasteiger partial charge in [0.05, 0.1) is 0 Å². The molecule has 104 valence electrons. The second-order valence-corrected chi connectivity index (χ2v) is 7.37. The fourth-order valence-electron chi connectivity index (χ4n) is 1.91. The van der Waals surface area contributed by atoms with Crippen molar-refractivity contribution in [3.63, 3.8) is 0 Å². The number of aliphatic carboxylic acids is 2. The van der Waals surface area contributed by atoms with Crippen LogP contribution in [-0.2, 0) is 18.9 Å². The molecule has 0 amide bonds. The molecule has 0 aromatic rings. The van der Waals surface area contributed by atoms with E-state index in [2.05, 4.69) is 0 Å². The summed E-state index contributed by atoms with van der Waals surface area (Å²) in [5.74, 6) is -3.67.